The quantitative estimate of drug-likeness (QED) is 0.709. The summed E-state index contributed by atoms with van der Waals surface area (Å²) in [6.07, 6.45) is 1.57. The van der Waals surface area contributed by atoms with Gasteiger partial charge in [-0.1, -0.05) is 25.1 Å². The van der Waals surface area contributed by atoms with Gasteiger partial charge in [0.05, 0.1) is 16.2 Å². The van der Waals surface area contributed by atoms with Crippen molar-refractivity contribution in [3.63, 3.8) is 0 Å². The number of hydrogen-bond donors (Lipinski definition) is 0. The number of amides is 1. The molecule has 0 spiro atoms. The minimum Gasteiger partial charge on any atom is -0.336 e. The van der Waals surface area contributed by atoms with Crippen LogP contribution in [-0.4, -0.2) is 62.6 Å². The van der Waals surface area contributed by atoms with Gasteiger partial charge < -0.3 is 4.90 Å². The molecule has 0 radical (unpaired) electrons. The maximum absolute atomic E-state index is 13.0. The number of hydrogen-bond acceptors (Lipinski definition) is 5. The van der Waals surface area contributed by atoms with Gasteiger partial charge in [0.1, 0.15) is 0 Å². The Kier molecular flexibility index (Phi) is 6.68. The van der Waals surface area contributed by atoms with Gasteiger partial charge in [0.15, 0.2) is 9.84 Å². The molecule has 1 aliphatic rings. The fourth-order valence-corrected chi connectivity index (χ4v) is 5.59. The second kappa shape index (κ2) is 8.99. The van der Waals surface area contributed by atoms with E-state index in [1.54, 1.807) is 40.5 Å². The van der Waals surface area contributed by atoms with Gasteiger partial charge in [-0.15, -0.1) is 11.3 Å². The van der Waals surface area contributed by atoms with Gasteiger partial charge in [0.2, 0.25) is 0 Å². The molecule has 7 heteroatoms. The van der Waals surface area contributed by atoms with Crippen LogP contribution in [0.2, 0.25) is 0 Å². The predicted octanol–water partition coefficient (Wildman–Crippen LogP) is 2.93. The lowest BCUT2D eigenvalue weighted by molar-refractivity contribution is 0.0635. The molecule has 0 bridgehead atoms. The average Bonchev–Trinajstić information content (AvgIpc) is 3.20. The Labute approximate surface area is 165 Å². The Morgan fingerprint density at radius 2 is 1.81 bits per heavy atom. The maximum Gasteiger partial charge on any atom is 0.255 e. The van der Waals surface area contributed by atoms with Gasteiger partial charge in [-0.2, -0.15) is 0 Å². The maximum atomic E-state index is 13.0. The zero-order chi connectivity index (χ0) is 19.3. The summed E-state index contributed by atoms with van der Waals surface area (Å²) < 4.78 is 25.0. The first-order valence-corrected chi connectivity index (χ1v) is 11.9. The van der Waals surface area contributed by atoms with Crippen LogP contribution < -0.4 is 0 Å². The number of carbonyl (C=O) groups is 1. The molecular formula is C20H26N2O3S2. The summed E-state index contributed by atoms with van der Waals surface area (Å²) in [5, 5.41) is 2.09. The number of carbonyl (C=O) groups excluding carboxylic acids is 1. The lowest BCUT2D eigenvalue weighted by Crippen LogP contribution is -2.49. The summed E-state index contributed by atoms with van der Waals surface area (Å²) in [6.45, 7) is 5.72. The molecule has 146 valence electrons. The molecule has 1 aliphatic heterocycles. The van der Waals surface area contributed by atoms with E-state index < -0.39 is 9.84 Å². The first kappa shape index (κ1) is 20.0. The smallest absolute Gasteiger partial charge is 0.255 e. The molecule has 1 fully saturated rings. The number of rotatable bonds is 7. The standard InChI is InChI=1S/C20H26N2O3S2/c1-2-16-27(24,25)19-8-4-3-7-18(19)20(23)22-13-11-21(12-14-22)10-9-17-6-5-15-26-17/h3-8,15H,2,9-14,16H2,1H3. The van der Waals surface area contributed by atoms with E-state index in [1.165, 1.54) is 4.88 Å². The summed E-state index contributed by atoms with van der Waals surface area (Å²) in [5.41, 5.74) is 0.304. The second-order valence-electron chi connectivity index (χ2n) is 6.78. The zero-order valence-electron chi connectivity index (χ0n) is 15.6. The Morgan fingerprint density at radius 3 is 2.48 bits per heavy atom. The number of sulfone groups is 1. The Bertz CT molecular complexity index is 855. The molecule has 2 heterocycles. The van der Waals surface area contributed by atoms with Crippen molar-refractivity contribution in [3.8, 4) is 0 Å². The number of piperazine rings is 1. The SMILES string of the molecule is CCCS(=O)(=O)c1ccccc1C(=O)N1CCN(CCc2cccs2)CC1. The van der Waals surface area contributed by atoms with Crippen molar-refractivity contribution in [2.75, 3.05) is 38.5 Å². The van der Waals surface area contributed by atoms with Crippen molar-refractivity contribution in [2.24, 2.45) is 0 Å². The number of thiophene rings is 1. The molecule has 3 rings (SSSR count). The average molecular weight is 407 g/mol. The molecular weight excluding hydrogens is 380 g/mol. The van der Waals surface area contributed by atoms with E-state index >= 15 is 0 Å². The third kappa shape index (κ3) is 4.97. The highest BCUT2D eigenvalue weighted by molar-refractivity contribution is 7.91. The molecule has 5 nitrogen and oxygen atoms in total. The van der Waals surface area contributed by atoms with Gasteiger partial charge in [0, 0.05) is 37.6 Å². The highest BCUT2D eigenvalue weighted by atomic mass is 32.2. The molecule has 1 amide bonds. The van der Waals surface area contributed by atoms with Crippen LogP contribution in [0.3, 0.4) is 0 Å². The number of nitrogens with zero attached hydrogens (tertiary/aromatic N) is 2. The molecule has 1 aromatic heterocycles. The van der Waals surface area contributed by atoms with Gasteiger partial charge in [-0.3, -0.25) is 9.69 Å². The van der Waals surface area contributed by atoms with Crippen molar-refractivity contribution in [1.82, 2.24) is 9.80 Å². The lowest BCUT2D eigenvalue weighted by atomic mass is 10.1. The van der Waals surface area contributed by atoms with Crippen LogP contribution in [0.4, 0.5) is 0 Å². The van der Waals surface area contributed by atoms with Crippen LogP contribution in [0.15, 0.2) is 46.7 Å². The summed E-state index contributed by atoms with van der Waals surface area (Å²) in [5.74, 6) is -0.114. The van der Waals surface area contributed by atoms with Crippen molar-refractivity contribution >= 4 is 27.1 Å². The van der Waals surface area contributed by atoms with Gasteiger partial charge >= 0.3 is 0 Å². The minimum atomic E-state index is -3.43. The molecule has 1 aromatic carbocycles. The van der Waals surface area contributed by atoms with Gasteiger partial charge in [0.25, 0.3) is 5.91 Å². The van der Waals surface area contributed by atoms with E-state index in [2.05, 4.69) is 22.4 Å². The van der Waals surface area contributed by atoms with E-state index in [0.717, 1.165) is 26.1 Å². The fourth-order valence-electron chi connectivity index (χ4n) is 3.36. The normalized spacial score (nSPS) is 15.8. The van der Waals surface area contributed by atoms with E-state index in [4.69, 9.17) is 0 Å². The predicted molar refractivity (Wildman–Crippen MR) is 109 cm³/mol. The van der Waals surface area contributed by atoms with Gasteiger partial charge in [-0.25, -0.2) is 8.42 Å². The zero-order valence-corrected chi connectivity index (χ0v) is 17.3. The monoisotopic (exact) mass is 406 g/mol. The fraction of sp³-hybridized carbons (Fsp3) is 0.450. The summed E-state index contributed by atoms with van der Waals surface area (Å²) in [7, 11) is -3.43. The first-order chi connectivity index (χ1) is 13.0. The third-order valence-electron chi connectivity index (χ3n) is 4.84. The molecule has 27 heavy (non-hydrogen) atoms. The van der Waals surface area contributed by atoms with E-state index in [9.17, 15) is 13.2 Å². The van der Waals surface area contributed by atoms with Crippen LogP contribution in [-0.2, 0) is 16.3 Å². The van der Waals surface area contributed by atoms with Crippen LogP contribution in [0.1, 0.15) is 28.6 Å². The summed E-state index contributed by atoms with van der Waals surface area (Å²) in [4.78, 5) is 18.7. The van der Waals surface area contributed by atoms with Crippen molar-refractivity contribution in [1.29, 1.82) is 0 Å². The molecule has 0 aliphatic carbocycles. The second-order valence-corrected chi connectivity index (χ2v) is 9.89. The highest BCUT2D eigenvalue weighted by Gasteiger charge is 2.27. The van der Waals surface area contributed by atoms with Crippen molar-refractivity contribution in [3.05, 3.63) is 52.2 Å². The Morgan fingerprint density at radius 1 is 1.07 bits per heavy atom. The van der Waals surface area contributed by atoms with Crippen molar-refractivity contribution in [2.45, 2.75) is 24.7 Å². The van der Waals surface area contributed by atoms with Crippen LogP contribution in [0.25, 0.3) is 0 Å². The van der Waals surface area contributed by atoms with E-state index in [0.29, 0.717) is 25.1 Å². The molecule has 1 saturated heterocycles. The van der Waals surface area contributed by atoms with Crippen molar-refractivity contribution < 1.29 is 13.2 Å². The Hall–Kier alpha value is -1.70. The summed E-state index contributed by atoms with van der Waals surface area (Å²) in [6, 6.07) is 10.8. The largest absolute Gasteiger partial charge is 0.336 e. The summed E-state index contributed by atoms with van der Waals surface area (Å²) >= 11 is 1.77. The molecule has 2 aromatic rings. The van der Waals surface area contributed by atoms with Crippen LogP contribution in [0, 0.1) is 0 Å². The molecule has 0 saturated carbocycles. The van der Waals surface area contributed by atoms with Gasteiger partial charge in [-0.05, 0) is 36.4 Å². The lowest BCUT2D eigenvalue weighted by Gasteiger charge is -2.35. The topological polar surface area (TPSA) is 57.7 Å². The highest BCUT2D eigenvalue weighted by Crippen LogP contribution is 2.20. The van der Waals surface area contributed by atoms with E-state index in [1.807, 2.05) is 6.92 Å². The molecule has 0 N–H and O–H groups in total. The first-order valence-electron chi connectivity index (χ1n) is 9.37. The van der Waals surface area contributed by atoms with E-state index in [-0.39, 0.29) is 16.6 Å². The third-order valence-corrected chi connectivity index (χ3v) is 7.75. The number of benzene rings is 1. The molecule has 0 unspecified atom stereocenters. The van der Waals surface area contributed by atoms with Crippen LogP contribution in [0.5, 0.6) is 0 Å². The Balaban J connectivity index is 1.63. The minimum absolute atomic E-state index is 0.0633. The molecule has 0 atom stereocenters. The van der Waals surface area contributed by atoms with Crippen LogP contribution >= 0.6 is 11.3 Å².